The lowest BCUT2D eigenvalue weighted by Gasteiger charge is -2.00. The molecule has 3 N–H and O–H groups in total. The van der Waals surface area contributed by atoms with Crippen molar-refractivity contribution in [2.24, 2.45) is 0 Å². The highest BCUT2D eigenvalue weighted by Crippen LogP contribution is 1.80. The normalized spacial score (nSPS) is 10.0. The van der Waals surface area contributed by atoms with Gasteiger partial charge in [0.2, 0.25) is 0 Å². The fourth-order valence-corrected chi connectivity index (χ4v) is 0.550. The van der Waals surface area contributed by atoms with Crippen molar-refractivity contribution in [1.82, 2.24) is 0 Å². The van der Waals surface area contributed by atoms with E-state index in [-0.39, 0.29) is 12.5 Å². The first-order chi connectivity index (χ1) is 5.27. The van der Waals surface area contributed by atoms with Gasteiger partial charge < -0.3 is 9.47 Å². The molecule has 0 saturated heterocycles. The van der Waals surface area contributed by atoms with Gasteiger partial charge in [-0.3, -0.25) is 5.73 Å². The Morgan fingerprint density at radius 3 is 2.45 bits per heavy atom. The quantitative estimate of drug-likeness (QED) is 0.498. The second kappa shape index (κ2) is 7.65. The maximum atomic E-state index is 10.3. The molecule has 0 aliphatic carbocycles. The summed E-state index contributed by atoms with van der Waals surface area (Å²) in [5, 5.41) is 0. The van der Waals surface area contributed by atoms with Crippen molar-refractivity contribution in [3.63, 3.8) is 0 Å². The standard InChI is InChI=1S/C7H15NO3/c1-2-3-10-4-5-11-6-7(8)9/h2-6H2,1H3,(H2,8,9)/p+1. The molecule has 0 heterocycles. The highest BCUT2D eigenvalue weighted by atomic mass is 16.5. The summed E-state index contributed by atoms with van der Waals surface area (Å²) in [4.78, 5) is 10.3. The molecule has 0 aromatic rings. The third-order valence-electron chi connectivity index (χ3n) is 0.984. The van der Waals surface area contributed by atoms with Crippen LogP contribution in [0.1, 0.15) is 13.3 Å². The van der Waals surface area contributed by atoms with E-state index >= 15 is 0 Å². The summed E-state index contributed by atoms with van der Waals surface area (Å²) >= 11 is 0. The molecule has 1 amide bonds. The third kappa shape index (κ3) is 9.55. The predicted octanol–water partition coefficient (Wildman–Crippen LogP) is -0.802. The lowest BCUT2D eigenvalue weighted by atomic mass is 10.5. The third-order valence-corrected chi connectivity index (χ3v) is 0.984. The summed E-state index contributed by atoms with van der Waals surface area (Å²) in [5.74, 6) is -0.194. The Labute approximate surface area is 66.7 Å². The molecule has 4 heteroatoms. The molecule has 0 bridgehead atoms. The Kier molecular flexibility index (Phi) is 7.34. The minimum Gasteiger partial charge on any atom is -0.379 e. The van der Waals surface area contributed by atoms with Crippen LogP contribution in [-0.2, 0) is 14.3 Å². The fraction of sp³-hybridized carbons (Fsp3) is 0.857. The molecule has 0 aromatic heterocycles. The average Bonchev–Trinajstić information content (AvgIpc) is 1.96. The zero-order chi connectivity index (χ0) is 8.53. The molecule has 0 aliphatic heterocycles. The lowest BCUT2D eigenvalue weighted by Crippen LogP contribution is -2.59. The highest BCUT2D eigenvalue weighted by molar-refractivity contribution is 5.65. The maximum absolute atomic E-state index is 10.3. The molecule has 0 saturated carbocycles. The van der Waals surface area contributed by atoms with Crippen LogP contribution in [0.3, 0.4) is 0 Å². The first kappa shape index (κ1) is 10.6. The number of ether oxygens (including phenoxy) is 2. The van der Waals surface area contributed by atoms with E-state index in [0.717, 1.165) is 13.0 Å². The van der Waals surface area contributed by atoms with E-state index in [4.69, 9.17) is 9.47 Å². The first-order valence-corrected chi connectivity index (χ1v) is 3.77. The van der Waals surface area contributed by atoms with Crippen LogP contribution in [0, 0.1) is 0 Å². The van der Waals surface area contributed by atoms with Crippen molar-refractivity contribution in [3.8, 4) is 0 Å². The Morgan fingerprint density at radius 2 is 1.91 bits per heavy atom. The molecule has 0 aromatic carbocycles. The smallest absolute Gasteiger partial charge is 0.334 e. The molecule has 0 unspecified atom stereocenters. The Balaban J connectivity index is 2.85. The van der Waals surface area contributed by atoms with Crippen molar-refractivity contribution in [2.75, 3.05) is 26.4 Å². The van der Waals surface area contributed by atoms with Crippen LogP contribution in [0.5, 0.6) is 0 Å². The molecule has 0 atom stereocenters. The molecule has 0 spiro atoms. The Morgan fingerprint density at radius 1 is 1.27 bits per heavy atom. The van der Waals surface area contributed by atoms with E-state index in [1.54, 1.807) is 0 Å². The topological polar surface area (TPSA) is 63.2 Å². The van der Waals surface area contributed by atoms with E-state index in [1.807, 2.05) is 6.92 Å². The second-order valence-corrected chi connectivity index (χ2v) is 2.20. The van der Waals surface area contributed by atoms with Crippen LogP contribution in [0.4, 0.5) is 0 Å². The number of rotatable bonds is 7. The molecule has 0 aliphatic rings. The minimum absolute atomic E-state index is 0.0927. The van der Waals surface area contributed by atoms with Crippen molar-refractivity contribution in [2.45, 2.75) is 13.3 Å². The molecule has 11 heavy (non-hydrogen) atoms. The van der Waals surface area contributed by atoms with Gasteiger partial charge in [-0.25, -0.2) is 4.79 Å². The van der Waals surface area contributed by atoms with Gasteiger partial charge >= 0.3 is 5.91 Å². The SMILES string of the molecule is CCCOCCOCC([NH3+])=O. The lowest BCUT2D eigenvalue weighted by molar-refractivity contribution is -0.309. The van der Waals surface area contributed by atoms with E-state index in [0.29, 0.717) is 13.2 Å². The number of carbonyl (C=O) groups excluding carboxylic acids is 1. The van der Waals surface area contributed by atoms with Crippen LogP contribution in [0.25, 0.3) is 0 Å². The Hall–Kier alpha value is -0.450. The van der Waals surface area contributed by atoms with Gasteiger partial charge in [-0.05, 0) is 6.42 Å². The van der Waals surface area contributed by atoms with Crippen molar-refractivity contribution < 1.29 is 20.0 Å². The van der Waals surface area contributed by atoms with Gasteiger partial charge in [0, 0.05) is 6.61 Å². The van der Waals surface area contributed by atoms with Gasteiger partial charge in [0.1, 0.15) is 0 Å². The summed E-state index contributed by atoms with van der Waals surface area (Å²) < 4.78 is 10.0. The molecule has 0 rings (SSSR count). The number of hydrogen-bond acceptors (Lipinski definition) is 3. The van der Waals surface area contributed by atoms with Crippen LogP contribution in [-0.4, -0.2) is 32.3 Å². The molecule has 66 valence electrons. The van der Waals surface area contributed by atoms with Gasteiger partial charge in [-0.15, -0.1) is 0 Å². The van der Waals surface area contributed by atoms with Gasteiger partial charge in [0.25, 0.3) is 0 Å². The van der Waals surface area contributed by atoms with Gasteiger partial charge in [0.05, 0.1) is 13.2 Å². The summed E-state index contributed by atoms with van der Waals surface area (Å²) in [7, 11) is 0. The number of carbonyl (C=O) groups is 1. The van der Waals surface area contributed by atoms with Crippen LogP contribution in [0.15, 0.2) is 0 Å². The number of hydrogen-bond donors (Lipinski definition) is 1. The van der Waals surface area contributed by atoms with E-state index in [2.05, 4.69) is 5.73 Å². The number of amides is 1. The summed E-state index contributed by atoms with van der Waals surface area (Å²) in [5.41, 5.74) is 3.17. The first-order valence-electron chi connectivity index (χ1n) is 3.77. The zero-order valence-corrected chi connectivity index (χ0v) is 6.97. The van der Waals surface area contributed by atoms with E-state index in [1.165, 1.54) is 0 Å². The summed E-state index contributed by atoms with van der Waals surface area (Å²) in [6.45, 7) is 3.92. The predicted molar refractivity (Wildman–Crippen MR) is 39.8 cm³/mol. The van der Waals surface area contributed by atoms with Crippen LogP contribution >= 0.6 is 0 Å². The van der Waals surface area contributed by atoms with E-state index in [9.17, 15) is 4.79 Å². The maximum Gasteiger partial charge on any atom is 0.334 e. The van der Waals surface area contributed by atoms with Gasteiger partial charge in [0.15, 0.2) is 6.61 Å². The zero-order valence-electron chi connectivity index (χ0n) is 6.97. The highest BCUT2D eigenvalue weighted by Gasteiger charge is 1.96. The second-order valence-electron chi connectivity index (χ2n) is 2.20. The van der Waals surface area contributed by atoms with Crippen LogP contribution in [0.2, 0.25) is 0 Å². The summed E-state index contributed by atoms with van der Waals surface area (Å²) in [6, 6.07) is 0. The van der Waals surface area contributed by atoms with Crippen molar-refractivity contribution in [1.29, 1.82) is 0 Å². The minimum atomic E-state index is -0.194. The van der Waals surface area contributed by atoms with Gasteiger partial charge in [-0.1, -0.05) is 6.92 Å². The van der Waals surface area contributed by atoms with Gasteiger partial charge in [-0.2, -0.15) is 0 Å². The summed E-state index contributed by atoms with van der Waals surface area (Å²) in [6.07, 6.45) is 1.01. The monoisotopic (exact) mass is 162 g/mol. The molecule has 4 nitrogen and oxygen atoms in total. The van der Waals surface area contributed by atoms with Crippen molar-refractivity contribution >= 4 is 5.91 Å². The molecular weight excluding hydrogens is 146 g/mol. The Bertz CT molecular complexity index is 106. The molecular formula is C7H16NO3+. The van der Waals surface area contributed by atoms with E-state index < -0.39 is 0 Å². The van der Waals surface area contributed by atoms with Crippen molar-refractivity contribution in [3.05, 3.63) is 0 Å². The number of quaternary nitrogens is 1. The largest absolute Gasteiger partial charge is 0.379 e. The fourth-order valence-electron chi connectivity index (χ4n) is 0.550. The molecule has 0 radical (unpaired) electrons. The van der Waals surface area contributed by atoms with Crippen LogP contribution < -0.4 is 5.73 Å². The average molecular weight is 162 g/mol. The molecule has 0 fully saturated rings.